The molecule has 102 valence electrons. The van der Waals surface area contributed by atoms with E-state index in [1.54, 1.807) is 0 Å². The molecule has 0 fully saturated rings. The predicted octanol–water partition coefficient (Wildman–Crippen LogP) is 4.84. The zero-order chi connectivity index (χ0) is 14.0. The lowest BCUT2D eigenvalue weighted by molar-refractivity contribution is 0.622. The minimum Gasteiger partial charge on any atom is -0.379 e. The van der Waals surface area contributed by atoms with Crippen LogP contribution in [0.25, 0.3) is 0 Å². The van der Waals surface area contributed by atoms with Crippen molar-refractivity contribution in [3.05, 3.63) is 42.7 Å². The molecule has 0 radical (unpaired) electrons. The molecule has 0 saturated heterocycles. The maximum absolute atomic E-state index is 5.96. The van der Waals surface area contributed by atoms with Crippen molar-refractivity contribution in [2.24, 2.45) is 0 Å². The summed E-state index contributed by atoms with van der Waals surface area (Å²) in [5, 5.41) is 8.67. The molecule has 1 N–H and O–H groups in total. The summed E-state index contributed by atoms with van der Waals surface area (Å²) < 4.78 is 4.20. The van der Waals surface area contributed by atoms with Crippen molar-refractivity contribution in [1.29, 1.82) is 0 Å². The van der Waals surface area contributed by atoms with Gasteiger partial charge in [0, 0.05) is 20.8 Å². The number of hydrogen-bond donors (Lipinski definition) is 1. The van der Waals surface area contributed by atoms with Crippen molar-refractivity contribution in [2.45, 2.75) is 26.9 Å². The normalized spacial score (nSPS) is 10.8. The molecule has 19 heavy (non-hydrogen) atoms. The van der Waals surface area contributed by atoms with Gasteiger partial charge >= 0.3 is 0 Å². The highest BCUT2D eigenvalue weighted by Crippen LogP contribution is 2.25. The zero-order valence-corrected chi connectivity index (χ0v) is 15.2. The summed E-state index contributed by atoms with van der Waals surface area (Å²) in [7, 11) is 0. The first-order valence-corrected chi connectivity index (χ1v) is 8.18. The molecule has 2 rings (SSSR count). The zero-order valence-electron chi connectivity index (χ0n) is 10.7. The van der Waals surface area contributed by atoms with Crippen molar-refractivity contribution in [1.82, 2.24) is 9.78 Å². The van der Waals surface area contributed by atoms with Crippen LogP contribution in [0.1, 0.15) is 18.3 Å². The number of rotatable bonds is 4. The molecular formula is C13H14BrClIN3. The maximum Gasteiger partial charge on any atom is 0.0739 e. The number of anilines is 1. The molecule has 1 heterocycles. The second-order valence-corrected chi connectivity index (χ2v) is 6.53. The fraction of sp³-hybridized carbons (Fsp3) is 0.308. The molecule has 0 spiro atoms. The Kier molecular flexibility index (Phi) is 5.14. The Hall–Kier alpha value is -0.270. The standard InChI is InChI=1S/C13H14BrClIN3/c1-3-19-12(13(14)8(2)18-19)7-17-11-5-4-9(15)6-10(11)16/h4-6,17H,3,7H2,1-2H3. The number of nitrogens with one attached hydrogen (secondary N) is 1. The quantitative estimate of drug-likeness (QED) is 0.670. The van der Waals surface area contributed by atoms with Crippen LogP contribution in [0.2, 0.25) is 5.02 Å². The number of hydrogen-bond acceptors (Lipinski definition) is 2. The number of aryl methyl sites for hydroxylation is 2. The Morgan fingerprint density at radius 3 is 2.84 bits per heavy atom. The summed E-state index contributed by atoms with van der Waals surface area (Å²) in [5.41, 5.74) is 3.26. The first kappa shape index (κ1) is 15.1. The molecule has 6 heteroatoms. The van der Waals surface area contributed by atoms with Gasteiger partial charge < -0.3 is 5.32 Å². The van der Waals surface area contributed by atoms with Crippen LogP contribution in [0.5, 0.6) is 0 Å². The lowest BCUT2D eigenvalue weighted by Gasteiger charge is -2.10. The van der Waals surface area contributed by atoms with Crippen LogP contribution in [0.15, 0.2) is 22.7 Å². The first-order valence-electron chi connectivity index (χ1n) is 5.93. The van der Waals surface area contributed by atoms with Gasteiger partial charge in [-0.1, -0.05) is 11.6 Å². The predicted molar refractivity (Wildman–Crippen MR) is 91.8 cm³/mol. The number of nitrogens with zero attached hydrogens (tertiary/aromatic N) is 2. The van der Waals surface area contributed by atoms with Crippen LogP contribution in [0, 0.1) is 10.5 Å². The van der Waals surface area contributed by atoms with Crippen LogP contribution < -0.4 is 5.32 Å². The first-order chi connectivity index (χ1) is 9.02. The lowest BCUT2D eigenvalue weighted by atomic mass is 10.3. The highest BCUT2D eigenvalue weighted by atomic mass is 127. The number of aromatic nitrogens is 2. The van der Waals surface area contributed by atoms with Gasteiger partial charge in [0.2, 0.25) is 0 Å². The van der Waals surface area contributed by atoms with E-state index in [1.807, 2.05) is 29.8 Å². The minimum absolute atomic E-state index is 0.729. The summed E-state index contributed by atoms with van der Waals surface area (Å²) in [4.78, 5) is 0. The molecule has 0 aliphatic carbocycles. The molecule has 2 aromatic rings. The van der Waals surface area contributed by atoms with Crippen LogP contribution >= 0.6 is 50.1 Å². The van der Waals surface area contributed by atoms with E-state index in [2.05, 4.69) is 55.9 Å². The molecule has 1 aromatic carbocycles. The molecule has 0 bridgehead atoms. The van der Waals surface area contributed by atoms with Gasteiger partial charge in [-0.3, -0.25) is 4.68 Å². The highest BCUT2D eigenvalue weighted by molar-refractivity contribution is 14.1. The molecule has 0 aliphatic heterocycles. The van der Waals surface area contributed by atoms with E-state index in [0.29, 0.717) is 0 Å². The van der Waals surface area contributed by atoms with Crippen LogP contribution in [-0.2, 0) is 13.1 Å². The van der Waals surface area contributed by atoms with Crippen LogP contribution in [-0.4, -0.2) is 9.78 Å². The Balaban J connectivity index is 2.18. The van der Waals surface area contributed by atoms with Crippen LogP contribution in [0.4, 0.5) is 5.69 Å². The van der Waals surface area contributed by atoms with Crippen LogP contribution in [0.3, 0.4) is 0 Å². The second kappa shape index (κ2) is 6.45. The molecule has 0 atom stereocenters. The summed E-state index contributed by atoms with van der Waals surface area (Å²) in [6, 6.07) is 5.84. The third kappa shape index (κ3) is 3.44. The van der Waals surface area contributed by atoms with E-state index in [4.69, 9.17) is 11.6 Å². The fourth-order valence-corrected chi connectivity index (χ4v) is 3.34. The SMILES string of the molecule is CCn1nc(C)c(Br)c1CNc1ccc(Cl)cc1I. The van der Waals surface area contributed by atoms with E-state index in [0.717, 1.165) is 43.2 Å². The topological polar surface area (TPSA) is 29.9 Å². The van der Waals surface area contributed by atoms with Crippen molar-refractivity contribution >= 4 is 55.8 Å². The third-order valence-corrected chi connectivity index (χ3v) is 4.99. The minimum atomic E-state index is 0.729. The molecule has 0 aliphatic rings. The van der Waals surface area contributed by atoms with E-state index >= 15 is 0 Å². The van der Waals surface area contributed by atoms with Gasteiger partial charge in [-0.25, -0.2) is 0 Å². The smallest absolute Gasteiger partial charge is 0.0739 e. The molecule has 0 amide bonds. The van der Waals surface area contributed by atoms with E-state index in [1.165, 1.54) is 0 Å². The van der Waals surface area contributed by atoms with E-state index in [-0.39, 0.29) is 0 Å². The summed E-state index contributed by atoms with van der Waals surface area (Å²) in [6.45, 7) is 5.69. The number of benzene rings is 1. The number of halogens is 3. The summed E-state index contributed by atoms with van der Waals surface area (Å²) >= 11 is 11.8. The Morgan fingerprint density at radius 1 is 1.47 bits per heavy atom. The monoisotopic (exact) mass is 453 g/mol. The molecular weight excluding hydrogens is 440 g/mol. The molecule has 1 aromatic heterocycles. The largest absolute Gasteiger partial charge is 0.379 e. The van der Waals surface area contributed by atoms with Crippen molar-refractivity contribution in [2.75, 3.05) is 5.32 Å². The maximum atomic E-state index is 5.96. The van der Waals surface area contributed by atoms with Gasteiger partial charge in [-0.2, -0.15) is 5.10 Å². The van der Waals surface area contributed by atoms with Crippen molar-refractivity contribution in [3.8, 4) is 0 Å². The average molecular weight is 455 g/mol. The fourth-order valence-electron chi connectivity index (χ4n) is 1.85. The Morgan fingerprint density at radius 2 is 2.21 bits per heavy atom. The van der Waals surface area contributed by atoms with Gasteiger partial charge in [0.15, 0.2) is 0 Å². The molecule has 0 saturated carbocycles. The van der Waals surface area contributed by atoms with Gasteiger partial charge in [-0.15, -0.1) is 0 Å². The van der Waals surface area contributed by atoms with Crippen molar-refractivity contribution < 1.29 is 0 Å². The third-order valence-electron chi connectivity index (χ3n) is 2.83. The van der Waals surface area contributed by atoms with Gasteiger partial charge in [0.05, 0.1) is 22.4 Å². The van der Waals surface area contributed by atoms with Gasteiger partial charge in [-0.05, 0) is 70.6 Å². The Bertz CT molecular complexity index is 598. The lowest BCUT2D eigenvalue weighted by Crippen LogP contribution is -2.09. The molecule has 3 nitrogen and oxygen atoms in total. The van der Waals surface area contributed by atoms with Crippen molar-refractivity contribution in [3.63, 3.8) is 0 Å². The van der Waals surface area contributed by atoms with E-state index in [9.17, 15) is 0 Å². The second-order valence-electron chi connectivity index (χ2n) is 4.14. The highest BCUT2D eigenvalue weighted by Gasteiger charge is 2.12. The Labute approximate surface area is 140 Å². The summed E-state index contributed by atoms with van der Waals surface area (Å²) in [5.74, 6) is 0. The van der Waals surface area contributed by atoms with Gasteiger partial charge in [0.25, 0.3) is 0 Å². The van der Waals surface area contributed by atoms with E-state index < -0.39 is 0 Å². The molecule has 0 unspecified atom stereocenters. The van der Waals surface area contributed by atoms with Gasteiger partial charge in [0.1, 0.15) is 0 Å². The average Bonchev–Trinajstić information content (AvgIpc) is 2.65. The summed E-state index contributed by atoms with van der Waals surface area (Å²) in [6.07, 6.45) is 0.